The molecule has 1 fully saturated rings. The molecule has 0 saturated heterocycles. The van der Waals surface area contributed by atoms with E-state index >= 15 is 0 Å². The number of esters is 1. The van der Waals surface area contributed by atoms with E-state index in [1.165, 1.54) is 0 Å². The lowest BCUT2D eigenvalue weighted by atomic mass is 9.94. The molecule has 2 aromatic heterocycles. The maximum atomic E-state index is 14.9. The van der Waals surface area contributed by atoms with Gasteiger partial charge in [-0.1, -0.05) is 13.3 Å². The number of hydrogen-bond donors (Lipinski definition) is 3. The maximum absolute atomic E-state index is 14.9. The number of carbonyl (C=O) groups excluding carboxylic acids is 2. The highest BCUT2D eigenvalue weighted by Crippen LogP contribution is 2.40. The van der Waals surface area contributed by atoms with Crippen molar-refractivity contribution in [3.05, 3.63) is 41.5 Å². The van der Waals surface area contributed by atoms with Crippen molar-refractivity contribution in [2.75, 3.05) is 10.6 Å². The molecule has 4 N–H and O–H groups in total. The van der Waals surface area contributed by atoms with Gasteiger partial charge in [-0.3, -0.25) is 14.6 Å². The number of primary amides is 1. The number of carbonyl (C=O) groups is 2. The first-order valence-electron chi connectivity index (χ1n) is 11.7. The summed E-state index contributed by atoms with van der Waals surface area (Å²) in [6.45, 7) is 9.27. The fourth-order valence-electron chi connectivity index (χ4n) is 3.78. The molecular weight excluding hydrogens is 437 g/mol. The predicted molar refractivity (Wildman–Crippen MR) is 130 cm³/mol. The average Bonchev–Trinajstić information content (AvgIpc) is 3.58. The van der Waals surface area contributed by atoms with Gasteiger partial charge in [-0.2, -0.15) is 0 Å². The SMILES string of the molecule is CC[C@H](CC(=O)OC(C)(C)C)[C@@H](C)Nc1nc(Nc2cncc(C3CC3)c2)c(C(N)=O)cc1F. The number of amides is 1. The minimum atomic E-state index is -0.795. The zero-order valence-electron chi connectivity index (χ0n) is 20.4. The van der Waals surface area contributed by atoms with Crippen LogP contribution < -0.4 is 16.4 Å². The Morgan fingerprint density at radius 2 is 1.94 bits per heavy atom. The molecule has 9 heteroatoms. The molecule has 1 aliphatic rings. The normalized spacial score (nSPS) is 15.4. The number of pyridine rings is 2. The van der Waals surface area contributed by atoms with Crippen LogP contribution >= 0.6 is 0 Å². The van der Waals surface area contributed by atoms with Gasteiger partial charge in [0.15, 0.2) is 11.6 Å². The van der Waals surface area contributed by atoms with Crippen LogP contribution in [0.3, 0.4) is 0 Å². The van der Waals surface area contributed by atoms with Crippen molar-refractivity contribution in [3.8, 4) is 0 Å². The van der Waals surface area contributed by atoms with Crippen molar-refractivity contribution in [2.24, 2.45) is 11.7 Å². The van der Waals surface area contributed by atoms with Gasteiger partial charge in [-0.25, -0.2) is 9.37 Å². The molecule has 0 aliphatic heterocycles. The molecule has 2 atom stereocenters. The van der Waals surface area contributed by atoms with Gasteiger partial charge in [0, 0.05) is 12.2 Å². The molecule has 3 rings (SSSR count). The number of anilines is 3. The lowest BCUT2D eigenvalue weighted by molar-refractivity contribution is -0.156. The number of ether oxygens (including phenoxy) is 1. The van der Waals surface area contributed by atoms with Gasteiger partial charge < -0.3 is 21.1 Å². The van der Waals surface area contributed by atoms with Crippen molar-refractivity contribution in [1.29, 1.82) is 0 Å². The lowest BCUT2D eigenvalue weighted by Gasteiger charge is -2.26. The summed E-state index contributed by atoms with van der Waals surface area (Å²) >= 11 is 0. The van der Waals surface area contributed by atoms with E-state index < -0.39 is 17.3 Å². The molecule has 2 aromatic rings. The van der Waals surface area contributed by atoms with E-state index in [0.717, 1.165) is 24.5 Å². The van der Waals surface area contributed by atoms with Crippen LogP contribution in [0.25, 0.3) is 0 Å². The molecule has 0 spiro atoms. The summed E-state index contributed by atoms with van der Waals surface area (Å²) in [7, 11) is 0. The van der Waals surface area contributed by atoms with E-state index in [0.29, 0.717) is 18.0 Å². The van der Waals surface area contributed by atoms with Gasteiger partial charge in [-0.05, 0) is 70.1 Å². The summed E-state index contributed by atoms with van der Waals surface area (Å²) in [4.78, 5) is 32.8. The standard InChI is InChI=1S/C25H34FN5O3/c1-6-15(10-21(32)34-25(3,4)5)14(2)29-24-20(26)11-19(22(27)33)23(31-24)30-18-9-17(12-28-13-18)16-7-8-16/h9,11-16H,6-8,10H2,1-5H3,(H2,27,33)(H2,29,30,31)/t14-,15-/m1/s1. The number of halogens is 1. The van der Waals surface area contributed by atoms with Gasteiger partial charge in [0.2, 0.25) is 0 Å². The van der Waals surface area contributed by atoms with Crippen molar-refractivity contribution in [1.82, 2.24) is 9.97 Å². The van der Waals surface area contributed by atoms with Crippen molar-refractivity contribution >= 4 is 29.2 Å². The van der Waals surface area contributed by atoms with Crippen LogP contribution in [0.1, 0.15) is 82.1 Å². The first kappa shape index (κ1) is 25.4. The monoisotopic (exact) mass is 471 g/mol. The lowest BCUT2D eigenvalue weighted by Crippen LogP contribution is -2.31. The molecule has 1 saturated carbocycles. The third kappa shape index (κ3) is 6.88. The van der Waals surface area contributed by atoms with Gasteiger partial charge in [0.1, 0.15) is 11.4 Å². The Labute approximate surface area is 199 Å². The van der Waals surface area contributed by atoms with E-state index in [9.17, 15) is 14.0 Å². The van der Waals surface area contributed by atoms with E-state index in [1.807, 2.05) is 46.9 Å². The van der Waals surface area contributed by atoms with Crippen LogP contribution in [0.15, 0.2) is 24.5 Å². The summed E-state index contributed by atoms with van der Waals surface area (Å²) in [5, 5.41) is 6.12. The minimum absolute atomic E-state index is 0.0334. The number of nitrogens with two attached hydrogens (primary N) is 1. The average molecular weight is 472 g/mol. The van der Waals surface area contributed by atoms with Crippen molar-refractivity contribution in [3.63, 3.8) is 0 Å². The Hall–Kier alpha value is -3.23. The predicted octanol–water partition coefficient (Wildman–Crippen LogP) is 4.89. The highest BCUT2D eigenvalue weighted by atomic mass is 19.1. The van der Waals surface area contributed by atoms with E-state index in [1.54, 1.807) is 6.20 Å². The van der Waals surface area contributed by atoms with Crippen molar-refractivity contribution < 1.29 is 18.7 Å². The second-order valence-corrected chi connectivity index (χ2v) is 9.88. The molecule has 0 radical (unpaired) electrons. The largest absolute Gasteiger partial charge is 0.460 e. The first-order valence-corrected chi connectivity index (χ1v) is 11.7. The van der Waals surface area contributed by atoms with Gasteiger partial charge in [0.05, 0.1) is 23.9 Å². The Bertz CT molecular complexity index is 1050. The van der Waals surface area contributed by atoms with Crippen LogP contribution in [0.4, 0.5) is 21.7 Å². The summed E-state index contributed by atoms with van der Waals surface area (Å²) < 4.78 is 20.3. The smallest absolute Gasteiger partial charge is 0.306 e. The van der Waals surface area contributed by atoms with Crippen LogP contribution in [0.2, 0.25) is 0 Å². The number of hydrogen-bond acceptors (Lipinski definition) is 7. The van der Waals surface area contributed by atoms with Gasteiger partial charge in [0.25, 0.3) is 5.91 Å². The molecule has 184 valence electrons. The second kappa shape index (κ2) is 10.4. The minimum Gasteiger partial charge on any atom is -0.460 e. The van der Waals surface area contributed by atoms with Gasteiger partial charge >= 0.3 is 5.97 Å². The molecule has 0 unspecified atom stereocenters. The second-order valence-electron chi connectivity index (χ2n) is 9.88. The summed E-state index contributed by atoms with van der Waals surface area (Å²) in [6.07, 6.45) is 6.55. The van der Waals surface area contributed by atoms with Crippen LogP contribution in [0.5, 0.6) is 0 Å². The highest BCUT2D eigenvalue weighted by Gasteiger charge is 2.26. The summed E-state index contributed by atoms with van der Waals surface area (Å²) in [6, 6.07) is 2.73. The van der Waals surface area contributed by atoms with Gasteiger partial charge in [-0.15, -0.1) is 0 Å². The molecule has 1 amide bonds. The Kier molecular flexibility index (Phi) is 7.74. The van der Waals surface area contributed by atoms with Crippen LogP contribution in [-0.4, -0.2) is 33.5 Å². The van der Waals surface area contributed by atoms with Crippen molar-refractivity contribution in [2.45, 2.75) is 77.9 Å². The van der Waals surface area contributed by atoms with E-state index in [2.05, 4.69) is 20.6 Å². The summed E-state index contributed by atoms with van der Waals surface area (Å²) in [5.74, 6) is -1.31. The third-order valence-electron chi connectivity index (χ3n) is 5.76. The number of nitrogens with one attached hydrogen (secondary N) is 2. The highest BCUT2D eigenvalue weighted by molar-refractivity contribution is 5.98. The zero-order chi connectivity index (χ0) is 25.0. The molecular formula is C25H34FN5O3. The Morgan fingerprint density at radius 3 is 2.53 bits per heavy atom. The quantitative estimate of drug-likeness (QED) is 0.422. The van der Waals surface area contributed by atoms with E-state index in [-0.39, 0.29) is 41.5 Å². The molecule has 8 nitrogen and oxygen atoms in total. The first-order chi connectivity index (χ1) is 16.0. The maximum Gasteiger partial charge on any atom is 0.306 e. The van der Waals surface area contributed by atoms with Crippen LogP contribution in [-0.2, 0) is 9.53 Å². The molecule has 0 bridgehead atoms. The molecule has 34 heavy (non-hydrogen) atoms. The molecule has 0 aromatic carbocycles. The Morgan fingerprint density at radius 1 is 1.24 bits per heavy atom. The number of aromatic nitrogens is 2. The Balaban J connectivity index is 1.80. The molecule has 2 heterocycles. The number of nitrogens with zero attached hydrogens (tertiary/aromatic N) is 2. The topological polar surface area (TPSA) is 119 Å². The molecule has 1 aliphatic carbocycles. The third-order valence-corrected chi connectivity index (χ3v) is 5.76. The summed E-state index contributed by atoms with van der Waals surface area (Å²) in [5.41, 5.74) is 6.59. The fraction of sp³-hybridized carbons (Fsp3) is 0.520. The van der Waals surface area contributed by atoms with E-state index in [4.69, 9.17) is 10.5 Å². The zero-order valence-corrected chi connectivity index (χ0v) is 20.4. The van der Waals surface area contributed by atoms with Crippen LogP contribution in [0, 0.1) is 11.7 Å². The fourth-order valence-corrected chi connectivity index (χ4v) is 3.78. The number of rotatable bonds is 10.